The number of carboxylic acids is 1. The van der Waals surface area contributed by atoms with Gasteiger partial charge in [0.2, 0.25) is 0 Å². The molecule has 7 nitrogen and oxygen atoms in total. The van der Waals surface area contributed by atoms with Gasteiger partial charge in [0.15, 0.2) is 0 Å². The van der Waals surface area contributed by atoms with Gasteiger partial charge in [-0.1, -0.05) is 63.2 Å². The van der Waals surface area contributed by atoms with Gasteiger partial charge in [-0.2, -0.15) is 5.10 Å². The molecule has 1 heterocycles. The highest BCUT2D eigenvalue weighted by Gasteiger charge is 2.22. The molecule has 0 aliphatic rings. The van der Waals surface area contributed by atoms with Crippen LogP contribution in [0, 0.1) is 0 Å². The van der Waals surface area contributed by atoms with E-state index in [0.717, 1.165) is 27.7 Å². The van der Waals surface area contributed by atoms with Crippen molar-refractivity contribution in [3.05, 3.63) is 84.1 Å². The fraction of sp³-hybridized carbons (Fsp3) is 0.222. The molecule has 4 aromatic rings. The summed E-state index contributed by atoms with van der Waals surface area (Å²) in [6, 6.07) is 22.6. The standard InChI is InChI=1S/C27H27N3O4/c1-27(2,3)23-17-24(30(29-23)21-10-6-7-18(15-21)11-14-25(31)32)28-26(33)34-22-13-12-19-8-4-5-9-20(19)16-22/h4-10,12-13,15-17H,11,14H2,1-3H3,(H,28,33)(H,31,32). The summed E-state index contributed by atoms with van der Waals surface area (Å²) in [7, 11) is 0. The average molecular weight is 458 g/mol. The zero-order valence-electron chi connectivity index (χ0n) is 19.4. The number of nitrogens with one attached hydrogen (secondary N) is 1. The van der Waals surface area contributed by atoms with E-state index < -0.39 is 12.1 Å². The molecular weight excluding hydrogens is 430 g/mol. The molecule has 34 heavy (non-hydrogen) atoms. The predicted octanol–water partition coefficient (Wildman–Crippen LogP) is 5.95. The second-order valence-corrected chi connectivity index (χ2v) is 9.16. The molecule has 1 amide bonds. The molecule has 0 aliphatic carbocycles. The number of anilines is 1. The van der Waals surface area contributed by atoms with Crippen LogP contribution in [-0.4, -0.2) is 26.9 Å². The van der Waals surface area contributed by atoms with Crippen LogP contribution >= 0.6 is 0 Å². The van der Waals surface area contributed by atoms with E-state index in [1.54, 1.807) is 10.7 Å². The zero-order valence-corrected chi connectivity index (χ0v) is 19.4. The number of ether oxygens (including phenoxy) is 1. The highest BCUT2D eigenvalue weighted by atomic mass is 16.6. The van der Waals surface area contributed by atoms with Gasteiger partial charge in [-0.3, -0.25) is 10.1 Å². The number of fused-ring (bicyclic) bond motifs is 1. The minimum absolute atomic E-state index is 0.0407. The van der Waals surface area contributed by atoms with Crippen LogP contribution < -0.4 is 10.1 Å². The van der Waals surface area contributed by atoms with Gasteiger partial charge >= 0.3 is 12.1 Å². The van der Waals surface area contributed by atoms with Crippen LogP contribution in [0.15, 0.2) is 72.8 Å². The average Bonchev–Trinajstić information content (AvgIpc) is 3.22. The molecular formula is C27H27N3O4. The van der Waals surface area contributed by atoms with E-state index in [1.807, 2.05) is 87.5 Å². The van der Waals surface area contributed by atoms with Crippen LogP contribution in [0.4, 0.5) is 10.6 Å². The van der Waals surface area contributed by atoms with Crippen molar-refractivity contribution < 1.29 is 19.4 Å². The van der Waals surface area contributed by atoms with Gasteiger partial charge in [-0.25, -0.2) is 9.48 Å². The highest BCUT2D eigenvalue weighted by Crippen LogP contribution is 2.27. The number of aryl methyl sites for hydroxylation is 1. The van der Waals surface area contributed by atoms with Crippen LogP contribution in [0.2, 0.25) is 0 Å². The predicted molar refractivity (Wildman–Crippen MR) is 132 cm³/mol. The zero-order chi connectivity index (χ0) is 24.3. The summed E-state index contributed by atoms with van der Waals surface area (Å²) in [4.78, 5) is 23.7. The number of hydrogen-bond donors (Lipinski definition) is 2. The Bertz CT molecular complexity index is 1350. The van der Waals surface area contributed by atoms with Crippen LogP contribution in [-0.2, 0) is 16.6 Å². The fourth-order valence-corrected chi connectivity index (χ4v) is 3.60. The van der Waals surface area contributed by atoms with Crippen LogP contribution in [0.25, 0.3) is 16.5 Å². The summed E-state index contributed by atoms with van der Waals surface area (Å²) in [6.45, 7) is 6.13. The van der Waals surface area contributed by atoms with Crippen molar-refractivity contribution >= 4 is 28.7 Å². The molecule has 2 N–H and O–H groups in total. The monoisotopic (exact) mass is 457 g/mol. The van der Waals surface area contributed by atoms with Gasteiger partial charge in [0.1, 0.15) is 11.6 Å². The maximum absolute atomic E-state index is 12.8. The first-order chi connectivity index (χ1) is 16.2. The lowest BCUT2D eigenvalue weighted by atomic mass is 9.92. The Balaban J connectivity index is 1.60. The highest BCUT2D eigenvalue weighted by molar-refractivity contribution is 5.88. The first-order valence-electron chi connectivity index (χ1n) is 11.1. The first-order valence-corrected chi connectivity index (χ1v) is 11.1. The molecule has 174 valence electrons. The largest absolute Gasteiger partial charge is 0.481 e. The van der Waals surface area contributed by atoms with Crippen molar-refractivity contribution in [1.82, 2.24) is 9.78 Å². The first kappa shape index (κ1) is 23.0. The number of hydrogen-bond acceptors (Lipinski definition) is 4. The van der Waals surface area contributed by atoms with Crippen LogP contribution in [0.5, 0.6) is 5.75 Å². The Morgan fingerprint density at radius 3 is 2.47 bits per heavy atom. The number of nitrogens with zero attached hydrogens (tertiary/aromatic N) is 2. The number of aliphatic carboxylic acids is 1. The maximum atomic E-state index is 12.8. The smallest absolute Gasteiger partial charge is 0.418 e. The molecule has 0 aliphatic heterocycles. The normalized spacial score (nSPS) is 11.4. The molecule has 0 unspecified atom stereocenters. The third-order valence-electron chi connectivity index (χ3n) is 5.42. The van der Waals surface area contributed by atoms with Gasteiger partial charge in [-0.05, 0) is 47.0 Å². The van der Waals surface area contributed by atoms with E-state index in [1.165, 1.54) is 0 Å². The summed E-state index contributed by atoms with van der Waals surface area (Å²) in [6.07, 6.45) is -0.179. The van der Waals surface area contributed by atoms with Crippen LogP contribution in [0.3, 0.4) is 0 Å². The Kier molecular flexibility index (Phi) is 6.36. The third-order valence-corrected chi connectivity index (χ3v) is 5.42. The second-order valence-electron chi connectivity index (χ2n) is 9.16. The van der Waals surface area contributed by atoms with Crippen LogP contribution in [0.1, 0.15) is 38.4 Å². The topological polar surface area (TPSA) is 93.5 Å². The van der Waals surface area contributed by atoms with Gasteiger partial charge in [0.25, 0.3) is 0 Å². The summed E-state index contributed by atoms with van der Waals surface area (Å²) >= 11 is 0. The Morgan fingerprint density at radius 1 is 0.971 bits per heavy atom. The van der Waals surface area contributed by atoms with E-state index in [0.29, 0.717) is 18.0 Å². The summed E-state index contributed by atoms with van der Waals surface area (Å²) in [5.74, 6) is 0.0541. The van der Waals surface area contributed by atoms with E-state index in [9.17, 15) is 9.59 Å². The molecule has 0 spiro atoms. The van der Waals surface area contributed by atoms with Gasteiger partial charge < -0.3 is 9.84 Å². The Hall–Kier alpha value is -4.13. The molecule has 0 fully saturated rings. The number of aromatic nitrogens is 2. The van der Waals surface area contributed by atoms with E-state index in [-0.39, 0.29) is 11.8 Å². The summed E-state index contributed by atoms with van der Waals surface area (Å²) < 4.78 is 7.19. The lowest BCUT2D eigenvalue weighted by Gasteiger charge is -2.14. The number of rotatable bonds is 6. The summed E-state index contributed by atoms with van der Waals surface area (Å²) in [5.41, 5.74) is 2.14. The molecule has 0 atom stereocenters. The van der Waals surface area contributed by atoms with Gasteiger partial charge in [-0.15, -0.1) is 0 Å². The van der Waals surface area contributed by atoms with Crippen molar-refractivity contribution in [3.63, 3.8) is 0 Å². The molecule has 0 saturated carbocycles. The molecule has 4 rings (SSSR count). The molecule has 7 heteroatoms. The number of benzene rings is 3. The minimum Gasteiger partial charge on any atom is -0.481 e. The molecule has 3 aromatic carbocycles. The van der Waals surface area contributed by atoms with Crippen molar-refractivity contribution in [2.24, 2.45) is 0 Å². The van der Waals surface area contributed by atoms with Crippen molar-refractivity contribution in [1.29, 1.82) is 0 Å². The Morgan fingerprint density at radius 2 is 1.74 bits per heavy atom. The number of carbonyl (C=O) groups excluding carboxylic acids is 1. The van der Waals surface area contributed by atoms with Crippen molar-refractivity contribution in [3.8, 4) is 11.4 Å². The lowest BCUT2D eigenvalue weighted by Crippen LogP contribution is -2.19. The van der Waals surface area contributed by atoms with Crippen molar-refractivity contribution in [2.75, 3.05) is 5.32 Å². The number of carboxylic acid groups (broad SMARTS) is 1. The Labute approximate surface area is 198 Å². The molecule has 0 bridgehead atoms. The SMILES string of the molecule is CC(C)(C)c1cc(NC(=O)Oc2ccc3ccccc3c2)n(-c2cccc(CCC(=O)O)c2)n1. The second kappa shape index (κ2) is 9.39. The quantitative estimate of drug-likeness (QED) is 0.373. The minimum atomic E-state index is -0.849. The van der Waals surface area contributed by atoms with Crippen molar-refractivity contribution in [2.45, 2.75) is 39.0 Å². The maximum Gasteiger partial charge on any atom is 0.418 e. The van der Waals surface area contributed by atoms with Gasteiger partial charge in [0.05, 0.1) is 11.4 Å². The fourth-order valence-electron chi connectivity index (χ4n) is 3.60. The molecule has 1 aromatic heterocycles. The summed E-state index contributed by atoms with van der Waals surface area (Å²) in [5, 5.41) is 18.6. The van der Waals surface area contributed by atoms with E-state index in [4.69, 9.17) is 14.9 Å². The number of amides is 1. The van der Waals surface area contributed by atoms with Gasteiger partial charge in [0, 0.05) is 17.9 Å². The van der Waals surface area contributed by atoms with E-state index in [2.05, 4.69) is 5.32 Å². The van der Waals surface area contributed by atoms with E-state index >= 15 is 0 Å². The third kappa shape index (κ3) is 5.43. The molecule has 0 radical (unpaired) electrons. The number of carbonyl (C=O) groups is 2. The lowest BCUT2D eigenvalue weighted by molar-refractivity contribution is -0.136. The molecule has 0 saturated heterocycles.